The van der Waals surface area contributed by atoms with Crippen LogP contribution in [-0.2, 0) is 11.4 Å². The standard InChI is InChI=1S/C10H13ClN2O2/c1-13(5-10(12)15)9-4-2-3-8(11)7(9)6-14/h2-4,14H,5-6H2,1H3,(H2,12,15). The van der Waals surface area contributed by atoms with Gasteiger partial charge in [0.25, 0.3) is 0 Å². The number of likely N-dealkylation sites (N-methyl/N-ethyl adjacent to an activating group) is 1. The molecule has 1 rings (SSSR count). The van der Waals surface area contributed by atoms with Gasteiger partial charge in [-0.3, -0.25) is 4.79 Å². The van der Waals surface area contributed by atoms with Gasteiger partial charge in [-0.1, -0.05) is 17.7 Å². The zero-order valence-electron chi connectivity index (χ0n) is 8.40. The van der Waals surface area contributed by atoms with Crippen molar-refractivity contribution in [2.45, 2.75) is 6.61 Å². The molecule has 0 aliphatic rings. The maximum absolute atomic E-state index is 10.8. The Hall–Kier alpha value is -1.26. The quantitative estimate of drug-likeness (QED) is 0.800. The molecule has 0 unspecified atom stereocenters. The molecule has 0 saturated carbocycles. The number of hydrogen-bond donors (Lipinski definition) is 2. The van der Waals surface area contributed by atoms with Crippen LogP contribution in [0.5, 0.6) is 0 Å². The number of aliphatic hydroxyl groups is 1. The Balaban J connectivity index is 3.02. The first kappa shape index (κ1) is 11.8. The number of halogens is 1. The topological polar surface area (TPSA) is 66.6 Å². The Labute approximate surface area is 93.2 Å². The summed E-state index contributed by atoms with van der Waals surface area (Å²) in [4.78, 5) is 12.4. The molecular weight excluding hydrogens is 216 g/mol. The number of carbonyl (C=O) groups excluding carboxylic acids is 1. The maximum Gasteiger partial charge on any atom is 0.236 e. The van der Waals surface area contributed by atoms with Crippen molar-refractivity contribution in [3.8, 4) is 0 Å². The van der Waals surface area contributed by atoms with Crippen LogP contribution in [-0.4, -0.2) is 24.6 Å². The molecule has 82 valence electrons. The molecule has 4 nitrogen and oxygen atoms in total. The van der Waals surface area contributed by atoms with Gasteiger partial charge in [0.15, 0.2) is 0 Å². The zero-order chi connectivity index (χ0) is 11.4. The van der Waals surface area contributed by atoms with Crippen molar-refractivity contribution in [2.75, 3.05) is 18.5 Å². The number of nitrogens with zero attached hydrogens (tertiary/aromatic N) is 1. The SMILES string of the molecule is CN(CC(N)=O)c1cccc(Cl)c1CO. The summed E-state index contributed by atoms with van der Waals surface area (Å²) in [6.07, 6.45) is 0. The van der Waals surface area contributed by atoms with Crippen LogP contribution >= 0.6 is 11.6 Å². The minimum absolute atomic E-state index is 0.0906. The van der Waals surface area contributed by atoms with E-state index >= 15 is 0 Å². The van der Waals surface area contributed by atoms with Crippen LogP contribution in [0.4, 0.5) is 5.69 Å². The molecule has 15 heavy (non-hydrogen) atoms. The van der Waals surface area contributed by atoms with Crippen LogP contribution in [0.25, 0.3) is 0 Å². The second-order valence-electron chi connectivity index (χ2n) is 3.22. The van der Waals surface area contributed by atoms with Crippen molar-refractivity contribution in [1.29, 1.82) is 0 Å². The molecule has 0 radical (unpaired) electrons. The lowest BCUT2D eigenvalue weighted by Crippen LogP contribution is -2.31. The average Bonchev–Trinajstić information content (AvgIpc) is 2.16. The van der Waals surface area contributed by atoms with Crippen LogP contribution in [0.2, 0.25) is 5.02 Å². The van der Waals surface area contributed by atoms with E-state index in [9.17, 15) is 4.79 Å². The van der Waals surface area contributed by atoms with Gasteiger partial charge in [-0.05, 0) is 12.1 Å². The van der Waals surface area contributed by atoms with E-state index in [-0.39, 0.29) is 13.2 Å². The largest absolute Gasteiger partial charge is 0.392 e. The first-order valence-electron chi connectivity index (χ1n) is 4.44. The van der Waals surface area contributed by atoms with Gasteiger partial charge < -0.3 is 15.7 Å². The summed E-state index contributed by atoms with van der Waals surface area (Å²) in [5, 5.41) is 9.63. The monoisotopic (exact) mass is 228 g/mol. The maximum atomic E-state index is 10.8. The molecule has 0 aromatic heterocycles. The predicted octanol–water partition coefficient (Wildman–Crippen LogP) is 0.754. The average molecular weight is 229 g/mol. The molecule has 0 aliphatic heterocycles. The van der Waals surface area contributed by atoms with Crippen LogP contribution in [0.1, 0.15) is 5.56 Å². The minimum atomic E-state index is -0.429. The summed E-state index contributed by atoms with van der Waals surface area (Å²) in [6, 6.07) is 5.23. The van der Waals surface area contributed by atoms with Gasteiger partial charge >= 0.3 is 0 Å². The van der Waals surface area contributed by atoms with Crippen molar-refractivity contribution in [3.63, 3.8) is 0 Å². The molecule has 3 N–H and O–H groups in total. The van der Waals surface area contributed by atoms with E-state index in [1.807, 2.05) is 0 Å². The van der Waals surface area contributed by atoms with E-state index in [0.717, 1.165) is 0 Å². The van der Waals surface area contributed by atoms with Crippen LogP contribution in [0, 0.1) is 0 Å². The van der Waals surface area contributed by atoms with E-state index in [0.29, 0.717) is 16.3 Å². The normalized spacial score (nSPS) is 10.1. The third-order valence-corrected chi connectivity index (χ3v) is 2.41. The van der Waals surface area contributed by atoms with Crippen molar-refractivity contribution in [1.82, 2.24) is 0 Å². The molecule has 1 aromatic carbocycles. The first-order valence-corrected chi connectivity index (χ1v) is 4.81. The highest BCUT2D eigenvalue weighted by molar-refractivity contribution is 6.31. The zero-order valence-corrected chi connectivity index (χ0v) is 9.16. The Kier molecular flexibility index (Phi) is 3.94. The second kappa shape index (κ2) is 5.00. The molecule has 0 saturated heterocycles. The molecule has 0 fully saturated rings. The number of hydrogen-bond acceptors (Lipinski definition) is 3. The minimum Gasteiger partial charge on any atom is -0.392 e. The number of rotatable bonds is 4. The van der Waals surface area contributed by atoms with Crippen LogP contribution in [0.15, 0.2) is 18.2 Å². The van der Waals surface area contributed by atoms with Gasteiger partial charge in [-0.25, -0.2) is 0 Å². The van der Waals surface area contributed by atoms with E-state index in [1.54, 1.807) is 30.1 Å². The summed E-state index contributed by atoms with van der Waals surface area (Å²) in [6.45, 7) is -0.0779. The molecule has 0 heterocycles. The molecule has 0 aliphatic carbocycles. The number of aliphatic hydroxyl groups excluding tert-OH is 1. The van der Waals surface area contributed by atoms with E-state index in [4.69, 9.17) is 22.4 Å². The molecule has 0 atom stereocenters. The molecular formula is C10H13ClN2O2. The number of anilines is 1. The summed E-state index contributed by atoms with van der Waals surface area (Å²) < 4.78 is 0. The summed E-state index contributed by atoms with van der Waals surface area (Å²) in [5.74, 6) is -0.429. The molecule has 0 bridgehead atoms. The molecule has 1 aromatic rings. The van der Waals surface area contributed by atoms with E-state index in [2.05, 4.69) is 0 Å². The Morgan fingerprint density at radius 1 is 1.60 bits per heavy atom. The third kappa shape index (κ3) is 2.84. The third-order valence-electron chi connectivity index (χ3n) is 2.06. The number of primary amides is 1. The lowest BCUT2D eigenvalue weighted by atomic mass is 10.1. The van der Waals surface area contributed by atoms with Crippen molar-refractivity contribution >= 4 is 23.2 Å². The van der Waals surface area contributed by atoms with Gasteiger partial charge in [-0.2, -0.15) is 0 Å². The van der Waals surface area contributed by atoms with Crippen LogP contribution in [0.3, 0.4) is 0 Å². The number of nitrogens with two attached hydrogens (primary N) is 1. The molecule has 0 spiro atoms. The van der Waals surface area contributed by atoms with Crippen molar-refractivity contribution in [2.24, 2.45) is 5.73 Å². The predicted molar refractivity (Wildman–Crippen MR) is 59.8 cm³/mol. The fourth-order valence-electron chi connectivity index (χ4n) is 1.38. The summed E-state index contributed by atoms with van der Waals surface area (Å²) >= 11 is 5.91. The highest BCUT2D eigenvalue weighted by Gasteiger charge is 2.11. The second-order valence-corrected chi connectivity index (χ2v) is 3.63. The smallest absolute Gasteiger partial charge is 0.236 e. The number of amides is 1. The van der Waals surface area contributed by atoms with Crippen LogP contribution < -0.4 is 10.6 Å². The van der Waals surface area contributed by atoms with E-state index in [1.165, 1.54) is 0 Å². The fourth-order valence-corrected chi connectivity index (χ4v) is 1.61. The number of carbonyl (C=O) groups is 1. The summed E-state index contributed by atoms with van der Waals surface area (Å²) in [7, 11) is 1.72. The Morgan fingerprint density at radius 2 is 2.27 bits per heavy atom. The molecule has 1 amide bonds. The van der Waals surface area contributed by atoms with Crippen molar-refractivity contribution in [3.05, 3.63) is 28.8 Å². The van der Waals surface area contributed by atoms with Gasteiger partial charge in [0, 0.05) is 23.3 Å². The Bertz CT molecular complexity index is 368. The fraction of sp³-hybridized carbons (Fsp3) is 0.300. The van der Waals surface area contributed by atoms with Gasteiger partial charge in [0.05, 0.1) is 13.2 Å². The van der Waals surface area contributed by atoms with Crippen molar-refractivity contribution < 1.29 is 9.90 Å². The Morgan fingerprint density at radius 3 is 2.80 bits per heavy atom. The molecule has 5 heteroatoms. The lowest BCUT2D eigenvalue weighted by Gasteiger charge is -2.20. The first-order chi connectivity index (χ1) is 7.06. The lowest BCUT2D eigenvalue weighted by molar-refractivity contribution is -0.116. The van der Waals surface area contributed by atoms with Gasteiger partial charge in [-0.15, -0.1) is 0 Å². The highest BCUT2D eigenvalue weighted by Crippen LogP contribution is 2.26. The summed E-state index contributed by atoms with van der Waals surface area (Å²) in [5.41, 5.74) is 6.40. The number of benzene rings is 1. The van der Waals surface area contributed by atoms with Gasteiger partial charge in [0.2, 0.25) is 5.91 Å². The van der Waals surface area contributed by atoms with Gasteiger partial charge in [0.1, 0.15) is 0 Å². The highest BCUT2D eigenvalue weighted by atomic mass is 35.5. The van der Waals surface area contributed by atoms with E-state index < -0.39 is 5.91 Å².